The first-order chi connectivity index (χ1) is 8.90. The molecule has 0 aliphatic carbocycles. The quantitative estimate of drug-likeness (QED) is 0.755. The number of carbonyl (C=O) groups excluding carboxylic acids is 1. The number of benzene rings is 1. The minimum Gasteiger partial charge on any atom is -0.399 e. The Morgan fingerprint density at radius 2 is 1.79 bits per heavy atom. The van der Waals surface area contributed by atoms with Gasteiger partial charge in [0.2, 0.25) is 5.91 Å². The van der Waals surface area contributed by atoms with Crippen LogP contribution in [0.15, 0.2) is 24.3 Å². The summed E-state index contributed by atoms with van der Waals surface area (Å²) in [5.41, 5.74) is 7.07. The largest absolute Gasteiger partial charge is 0.399 e. The highest BCUT2D eigenvalue weighted by molar-refractivity contribution is 5.94. The van der Waals surface area contributed by atoms with Crippen LogP contribution < -0.4 is 11.1 Å². The Kier molecular flexibility index (Phi) is 5.79. The standard InChI is InChI=1S/C14H24N4O/c1-11(18(4)10-9-17(2)3)14(19)16-13-7-5-12(15)6-8-13/h5-8,11H,9-10,15H2,1-4H3,(H,16,19). The summed E-state index contributed by atoms with van der Waals surface area (Å²) in [6, 6.07) is 6.99. The Morgan fingerprint density at radius 1 is 1.21 bits per heavy atom. The molecule has 0 aliphatic heterocycles. The van der Waals surface area contributed by atoms with E-state index >= 15 is 0 Å². The minimum atomic E-state index is -0.169. The smallest absolute Gasteiger partial charge is 0.241 e. The Bertz CT molecular complexity index is 402. The summed E-state index contributed by atoms with van der Waals surface area (Å²) in [6.45, 7) is 3.68. The second-order valence-electron chi connectivity index (χ2n) is 5.07. The van der Waals surface area contributed by atoms with Crippen LogP contribution in [0.5, 0.6) is 0 Å². The molecule has 0 aliphatic rings. The molecular formula is C14H24N4O. The molecule has 1 amide bonds. The van der Waals surface area contributed by atoms with Crippen LogP contribution in [0, 0.1) is 0 Å². The summed E-state index contributed by atoms with van der Waals surface area (Å²) < 4.78 is 0. The first kappa shape index (κ1) is 15.5. The molecule has 19 heavy (non-hydrogen) atoms. The van der Waals surface area contributed by atoms with Crippen molar-refractivity contribution in [3.05, 3.63) is 24.3 Å². The second kappa shape index (κ2) is 7.11. The molecule has 1 unspecified atom stereocenters. The van der Waals surface area contributed by atoms with Crippen molar-refractivity contribution >= 4 is 17.3 Å². The van der Waals surface area contributed by atoms with Gasteiger partial charge in [-0.05, 0) is 52.3 Å². The van der Waals surface area contributed by atoms with E-state index in [9.17, 15) is 4.79 Å². The highest BCUT2D eigenvalue weighted by Crippen LogP contribution is 2.11. The fourth-order valence-electron chi connectivity index (χ4n) is 1.56. The SMILES string of the molecule is CC(C(=O)Nc1ccc(N)cc1)N(C)CCN(C)C. The summed E-state index contributed by atoms with van der Waals surface area (Å²) in [5, 5.41) is 2.89. The molecule has 106 valence electrons. The lowest BCUT2D eigenvalue weighted by Gasteiger charge is -2.25. The predicted octanol–water partition coefficient (Wildman–Crippen LogP) is 1.09. The molecule has 5 nitrogen and oxygen atoms in total. The summed E-state index contributed by atoms with van der Waals surface area (Å²) in [7, 11) is 6.00. The number of rotatable bonds is 6. The zero-order chi connectivity index (χ0) is 14.4. The fourth-order valence-corrected chi connectivity index (χ4v) is 1.56. The Labute approximate surface area is 115 Å². The zero-order valence-electron chi connectivity index (χ0n) is 12.2. The highest BCUT2D eigenvalue weighted by atomic mass is 16.2. The van der Waals surface area contributed by atoms with E-state index < -0.39 is 0 Å². The van der Waals surface area contributed by atoms with Crippen LogP contribution in [0.1, 0.15) is 6.92 Å². The Morgan fingerprint density at radius 3 is 2.32 bits per heavy atom. The minimum absolute atomic E-state index is 0.00831. The van der Waals surface area contributed by atoms with Gasteiger partial charge in [0.15, 0.2) is 0 Å². The van der Waals surface area contributed by atoms with Gasteiger partial charge in [-0.1, -0.05) is 0 Å². The third-order valence-corrected chi connectivity index (χ3v) is 3.12. The number of nitrogens with two attached hydrogens (primary N) is 1. The van der Waals surface area contributed by atoms with Gasteiger partial charge in [-0.3, -0.25) is 9.69 Å². The summed E-state index contributed by atoms with van der Waals surface area (Å²) in [4.78, 5) is 16.2. The molecule has 0 bridgehead atoms. The molecule has 0 saturated heterocycles. The molecule has 1 atom stereocenters. The number of hydrogen-bond acceptors (Lipinski definition) is 4. The van der Waals surface area contributed by atoms with Crippen molar-refractivity contribution in [2.75, 3.05) is 45.3 Å². The van der Waals surface area contributed by atoms with Crippen molar-refractivity contribution in [3.63, 3.8) is 0 Å². The van der Waals surface area contributed by atoms with E-state index in [1.807, 2.05) is 33.0 Å². The molecule has 1 rings (SSSR count). The normalized spacial score (nSPS) is 12.7. The Hall–Kier alpha value is -1.59. The lowest BCUT2D eigenvalue weighted by Crippen LogP contribution is -2.42. The van der Waals surface area contributed by atoms with Crippen molar-refractivity contribution in [2.45, 2.75) is 13.0 Å². The van der Waals surface area contributed by atoms with Gasteiger partial charge in [0.25, 0.3) is 0 Å². The number of amides is 1. The molecule has 3 N–H and O–H groups in total. The fraction of sp³-hybridized carbons (Fsp3) is 0.500. The first-order valence-electron chi connectivity index (χ1n) is 6.41. The average Bonchev–Trinajstić information content (AvgIpc) is 2.37. The van der Waals surface area contributed by atoms with E-state index in [2.05, 4.69) is 10.2 Å². The highest BCUT2D eigenvalue weighted by Gasteiger charge is 2.17. The predicted molar refractivity (Wildman–Crippen MR) is 80.1 cm³/mol. The summed E-state index contributed by atoms with van der Waals surface area (Å²) in [5.74, 6) is -0.00831. The van der Waals surface area contributed by atoms with Crippen LogP contribution in [0.4, 0.5) is 11.4 Å². The molecule has 0 radical (unpaired) electrons. The van der Waals surface area contributed by atoms with Gasteiger partial charge in [0.1, 0.15) is 0 Å². The second-order valence-corrected chi connectivity index (χ2v) is 5.07. The maximum atomic E-state index is 12.1. The van der Waals surface area contributed by atoms with Gasteiger partial charge < -0.3 is 16.0 Å². The van der Waals surface area contributed by atoms with E-state index in [1.54, 1.807) is 24.3 Å². The van der Waals surface area contributed by atoms with Gasteiger partial charge in [0.05, 0.1) is 6.04 Å². The van der Waals surface area contributed by atoms with Crippen molar-refractivity contribution < 1.29 is 4.79 Å². The van der Waals surface area contributed by atoms with Crippen LogP contribution >= 0.6 is 0 Å². The average molecular weight is 264 g/mol. The number of carbonyl (C=O) groups is 1. The molecular weight excluding hydrogens is 240 g/mol. The molecule has 0 fully saturated rings. The molecule has 1 aromatic rings. The number of anilines is 2. The summed E-state index contributed by atoms with van der Waals surface area (Å²) in [6.07, 6.45) is 0. The van der Waals surface area contributed by atoms with Gasteiger partial charge in [-0.2, -0.15) is 0 Å². The zero-order valence-corrected chi connectivity index (χ0v) is 12.2. The third kappa shape index (κ3) is 5.28. The van der Waals surface area contributed by atoms with Crippen molar-refractivity contribution in [2.24, 2.45) is 0 Å². The van der Waals surface area contributed by atoms with E-state index in [-0.39, 0.29) is 11.9 Å². The number of nitrogens with one attached hydrogen (secondary N) is 1. The van der Waals surface area contributed by atoms with Gasteiger partial charge in [0, 0.05) is 24.5 Å². The molecule has 0 aromatic heterocycles. The number of likely N-dealkylation sites (N-methyl/N-ethyl adjacent to an activating group) is 2. The van der Waals surface area contributed by atoms with E-state index in [1.165, 1.54) is 0 Å². The maximum absolute atomic E-state index is 12.1. The summed E-state index contributed by atoms with van der Waals surface area (Å²) >= 11 is 0. The van der Waals surface area contributed by atoms with E-state index in [0.717, 1.165) is 18.8 Å². The Balaban J connectivity index is 2.50. The third-order valence-electron chi connectivity index (χ3n) is 3.12. The van der Waals surface area contributed by atoms with Crippen molar-refractivity contribution in [3.8, 4) is 0 Å². The van der Waals surface area contributed by atoms with Crippen molar-refractivity contribution in [1.82, 2.24) is 9.80 Å². The van der Waals surface area contributed by atoms with Crippen LogP contribution in [0.25, 0.3) is 0 Å². The number of hydrogen-bond donors (Lipinski definition) is 2. The number of nitrogens with zero attached hydrogens (tertiary/aromatic N) is 2. The van der Waals surface area contributed by atoms with Gasteiger partial charge >= 0.3 is 0 Å². The van der Waals surface area contributed by atoms with E-state index in [4.69, 9.17) is 5.73 Å². The monoisotopic (exact) mass is 264 g/mol. The molecule has 0 heterocycles. The van der Waals surface area contributed by atoms with Crippen LogP contribution in [0.3, 0.4) is 0 Å². The van der Waals surface area contributed by atoms with Crippen LogP contribution in [-0.2, 0) is 4.79 Å². The van der Waals surface area contributed by atoms with Gasteiger partial charge in [-0.15, -0.1) is 0 Å². The first-order valence-corrected chi connectivity index (χ1v) is 6.41. The molecule has 0 saturated carbocycles. The number of nitrogen functional groups attached to an aromatic ring is 1. The van der Waals surface area contributed by atoms with Crippen LogP contribution in [0.2, 0.25) is 0 Å². The van der Waals surface area contributed by atoms with Gasteiger partial charge in [-0.25, -0.2) is 0 Å². The maximum Gasteiger partial charge on any atom is 0.241 e. The van der Waals surface area contributed by atoms with Crippen molar-refractivity contribution in [1.29, 1.82) is 0 Å². The van der Waals surface area contributed by atoms with Crippen LogP contribution in [-0.4, -0.2) is 56.0 Å². The molecule has 5 heteroatoms. The lowest BCUT2D eigenvalue weighted by molar-refractivity contribution is -0.120. The topological polar surface area (TPSA) is 61.6 Å². The van der Waals surface area contributed by atoms with E-state index in [0.29, 0.717) is 5.69 Å². The lowest BCUT2D eigenvalue weighted by atomic mass is 10.2. The molecule has 1 aromatic carbocycles. The molecule has 0 spiro atoms.